The molecule has 2 aromatic rings. The molecule has 1 N–H and O–H groups in total. The lowest BCUT2D eigenvalue weighted by molar-refractivity contribution is -0.130. The predicted molar refractivity (Wildman–Crippen MR) is 95.1 cm³/mol. The summed E-state index contributed by atoms with van der Waals surface area (Å²) in [7, 11) is -0.930. The summed E-state index contributed by atoms with van der Waals surface area (Å²) in [4.78, 5) is 12.6. The Morgan fingerprint density at radius 3 is 2.88 bits per heavy atom. The molecule has 1 fully saturated rings. The highest BCUT2D eigenvalue weighted by Gasteiger charge is 2.40. The zero-order valence-electron chi connectivity index (χ0n) is 14.4. The highest BCUT2D eigenvalue weighted by molar-refractivity contribution is 7.89. The van der Waals surface area contributed by atoms with Gasteiger partial charge in [0.2, 0.25) is 15.9 Å². The van der Waals surface area contributed by atoms with E-state index in [2.05, 4.69) is 14.1 Å². The molecule has 0 aliphatic carbocycles. The number of sulfonamides is 1. The van der Waals surface area contributed by atoms with Crippen LogP contribution in [0.2, 0.25) is 0 Å². The SMILES string of the molecule is COC(CNC(=O)[C@H]1CCCN1S(=O)(=O)c1cccc2nsnc12)OC. The first-order chi connectivity index (χ1) is 12.5. The number of amides is 1. The monoisotopic (exact) mass is 400 g/mol. The molecule has 0 radical (unpaired) electrons. The molecule has 1 atom stereocenters. The van der Waals surface area contributed by atoms with Crippen molar-refractivity contribution in [3.8, 4) is 0 Å². The molecule has 1 aromatic heterocycles. The van der Waals surface area contributed by atoms with Gasteiger partial charge in [-0.1, -0.05) is 6.07 Å². The zero-order valence-corrected chi connectivity index (χ0v) is 16.0. The van der Waals surface area contributed by atoms with E-state index < -0.39 is 22.4 Å². The van der Waals surface area contributed by atoms with Crippen molar-refractivity contribution < 1.29 is 22.7 Å². The Hall–Kier alpha value is -1.66. The topological polar surface area (TPSA) is 111 Å². The van der Waals surface area contributed by atoms with E-state index in [9.17, 15) is 13.2 Å². The third-order valence-corrected chi connectivity index (χ3v) is 6.79. The van der Waals surface area contributed by atoms with Crippen molar-refractivity contribution in [2.45, 2.75) is 30.1 Å². The average molecular weight is 400 g/mol. The van der Waals surface area contributed by atoms with Crippen LogP contribution in [0.4, 0.5) is 0 Å². The smallest absolute Gasteiger partial charge is 0.246 e. The highest BCUT2D eigenvalue weighted by atomic mass is 32.2. The van der Waals surface area contributed by atoms with Gasteiger partial charge in [0.1, 0.15) is 22.0 Å². The second kappa shape index (κ2) is 7.92. The number of carbonyl (C=O) groups is 1. The van der Waals surface area contributed by atoms with E-state index in [0.29, 0.717) is 23.9 Å². The van der Waals surface area contributed by atoms with E-state index in [0.717, 1.165) is 11.7 Å². The van der Waals surface area contributed by atoms with E-state index in [1.54, 1.807) is 12.1 Å². The van der Waals surface area contributed by atoms with Gasteiger partial charge in [0.05, 0.1) is 18.3 Å². The molecule has 2 heterocycles. The number of nitrogens with zero attached hydrogens (tertiary/aromatic N) is 3. The van der Waals surface area contributed by atoms with Crippen molar-refractivity contribution >= 4 is 38.7 Å². The van der Waals surface area contributed by atoms with Gasteiger partial charge in [0.15, 0.2) is 6.29 Å². The molecule has 142 valence electrons. The Morgan fingerprint density at radius 2 is 2.15 bits per heavy atom. The second-order valence-electron chi connectivity index (χ2n) is 5.81. The molecule has 3 rings (SSSR count). The number of benzene rings is 1. The average Bonchev–Trinajstić information content (AvgIpc) is 3.31. The van der Waals surface area contributed by atoms with Crippen LogP contribution in [0.25, 0.3) is 11.0 Å². The molecule has 1 amide bonds. The number of aromatic nitrogens is 2. The van der Waals surface area contributed by atoms with Gasteiger partial charge in [-0.05, 0) is 25.0 Å². The maximum Gasteiger partial charge on any atom is 0.246 e. The summed E-state index contributed by atoms with van der Waals surface area (Å²) < 4.78 is 45.8. The molecular weight excluding hydrogens is 380 g/mol. The number of carbonyl (C=O) groups excluding carboxylic acids is 1. The van der Waals surface area contributed by atoms with E-state index >= 15 is 0 Å². The van der Waals surface area contributed by atoms with Gasteiger partial charge < -0.3 is 14.8 Å². The summed E-state index contributed by atoms with van der Waals surface area (Å²) in [6, 6.07) is 4.07. The van der Waals surface area contributed by atoms with Crippen molar-refractivity contribution in [2.75, 3.05) is 27.3 Å². The fraction of sp³-hybridized carbons (Fsp3) is 0.533. The number of hydrogen-bond donors (Lipinski definition) is 1. The van der Waals surface area contributed by atoms with Gasteiger partial charge in [0.25, 0.3) is 0 Å². The van der Waals surface area contributed by atoms with Crippen LogP contribution in [0.1, 0.15) is 12.8 Å². The van der Waals surface area contributed by atoms with Crippen LogP contribution < -0.4 is 5.32 Å². The van der Waals surface area contributed by atoms with E-state index in [1.165, 1.54) is 24.6 Å². The second-order valence-corrected chi connectivity index (χ2v) is 8.20. The molecular formula is C15H20N4O5S2. The summed E-state index contributed by atoms with van der Waals surface area (Å²) in [5, 5.41) is 2.69. The molecule has 1 aromatic carbocycles. The molecule has 1 aliphatic rings. The van der Waals surface area contributed by atoms with E-state index in [-0.39, 0.29) is 23.9 Å². The fourth-order valence-corrected chi connectivity index (χ4v) is 5.38. The Kier molecular flexibility index (Phi) is 5.82. The van der Waals surface area contributed by atoms with Crippen molar-refractivity contribution in [3.05, 3.63) is 18.2 Å². The van der Waals surface area contributed by atoms with Crippen LogP contribution in [0.5, 0.6) is 0 Å². The van der Waals surface area contributed by atoms with Crippen molar-refractivity contribution in [3.63, 3.8) is 0 Å². The van der Waals surface area contributed by atoms with Gasteiger partial charge in [-0.15, -0.1) is 0 Å². The standard InChI is InChI=1S/C15H20N4O5S2/c1-23-13(24-2)9-16-15(20)11-6-4-8-19(11)26(21,22)12-7-3-5-10-14(12)18-25-17-10/h3,5,7,11,13H,4,6,8-9H2,1-2H3,(H,16,20)/t11-/m1/s1. The largest absolute Gasteiger partial charge is 0.354 e. The first-order valence-corrected chi connectivity index (χ1v) is 10.2. The number of ether oxygens (including phenoxy) is 2. The summed E-state index contributed by atoms with van der Waals surface area (Å²) in [5.74, 6) is -0.367. The normalized spacial score (nSPS) is 18.7. The number of fused-ring (bicyclic) bond motifs is 1. The molecule has 0 saturated carbocycles. The molecule has 0 spiro atoms. The lowest BCUT2D eigenvalue weighted by Crippen LogP contribution is -2.47. The van der Waals surface area contributed by atoms with Crippen molar-refractivity contribution in [2.24, 2.45) is 0 Å². The van der Waals surface area contributed by atoms with Gasteiger partial charge in [-0.2, -0.15) is 13.1 Å². The first kappa shape index (κ1) is 19.1. The van der Waals surface area contributed by atoms with E-state index in [4.69, 9.17) is 9.47 Å². The van der Waals surface area contributed by atoms with Gasteiger partial charge >= 0.3 is 0 Å². The van der Waals surface area contributed by atoms with Crippen LogP contribution >= 0.6 is 11.7 Å². The molecule has 26 heavy (non-hydrogen) atoms. The Morgan fingerprint density at radius 1 is 1.38 bits per heavy atom. The van der Waals surface area contributed by atoms with Crippen molar-refractivity contribution in [1.29, 1.82) is 0 Å². The predicted octanol–water partition coefficient (Wildman–Crippen LogP) is 0.579. The van der Waals surface area contributed by atoms with E-state index in [1.807, 2.05) is 0 Å². The van der Waals surface area contributed by atoms with Crippen LogP contribution in [-0.4, -0.2) is 67.0 Å². The minimum Gasteiger partial charge on any atom is -0.354 e. The summed E-state index contributed by atoms with van der Waals surface area (Å²) in [5.41, 5.74) is 0.863. The summed E-state index contributed by atoms with van der Waals surface area (Å²) in [6.07, 6.45) is 0.488. The molecule has 0 bridgehead atoms. The fourth-order valence-electron chi connectivity index (χ4n) is 2.97. The third-order valence-electron chi connectivity index (χ3n) is 4.31. The number of rotatable bonds is 7. The van der Waals surface area contributed by atoms with Crippen LogP contribution in [0, 0.1) is 0 Å². The Balaban J connectivity index is 1.83. The summed E-state index contributed by atoms with van der Waals surface area (Å²) in [6.45, 7) is 0.425. The minimum atomic E-state index is -3.86. The van der Waals surface area contributed by atoms with Gasteiger partial charge in [0, 0.05) is 20.8 Å². The number of hydrogen-bond acceptors (Lipinski definition) is 8. The lowest BCUT2D eigenvalue weighted by Gasteiger charge is -2.24. The molecule has 0 unspecified atom stereocenters. The third kappa shape index (κ3) is 3.58. The quantitative estimate of drug-likeness (QED) is 0.677. The van der Waals surface area contributed by atoms with Gasteiger partial charge in [-0.25, -0.2) is 8.42 Å². The van der Waals surface area contributed by atoms with Crippen LogP contribution in [0.3, 0.4) is 0 Å². The Bertz CT molecular complexity index is 881. The molecule has 11 heteroatoms. The number of nitrogens with one attached hydrogen (secondary N) is 1. The lowest BCUT2D eigenvalue weighted by atomic mass is 10.2. The van der Waals surface area contributed by atoms with Crippen molar-refractivity contribution in [1.82, 2.24) is 18.4 Å². The van der Waals surface area contributed by atoms with Crippen LogP contribution in [-0.2, 0) is 24.3 Å². The molecule has 9 nitrogen and oxygen atoms in total. The maximum atomic E-state index is 13.1. The molecule has 1 aliphatic heterocycles. The minimum absolute atomic E-state index is 0.0788. The molecule has 1 saturated heterocycles. The maximum absolute atomic E-state index is 13.1. The van der Waals surface area contributed by atoms with Crippen LogP contribution in [0.15, 0.2) is 23.1 Å². The first-order valence-electron chi connectivity index (χ1n) is 8.05. The summed E-state index contributed by atoms with van der Waals surface area (Å²) >= 11 is 0.959. The Labute approximate surface area is 155 Å². The number of methoxy groups -OCH3 is 2. The van der Waals surface area contributed by atoms with Gasteiger partial charge in [-0.3, -0.25) is 4.79 Å². The zero-order chi connectivity index (χ0) is 18.7. The highest BCUT2D eigenvalue weighted by Crippen LogP contribution is 2.29.